The lowest BCUT2D eigenvalue weighted by molar-refractivity contribution is 0.186. The molecule has 2 nitrogen and oxygen atoms in total. The monoisotopic (exact) mass is 341 g/mol. The Morgan fingerprint density at radius 1 is 1.20 bits per heavy atom. The van der Waals surface area contributed by atoms with Gasteiger partial charge >= 0.3 is 0 Å². The number of hydrogen-bond donors (Lipinski definition) is 2. The summed E-state index contributed by atoms with van der Waals surface area (Å²) >= 11 is 3.37. The van der Waals surface area contributed by atoms with E-state index in [1.54, 1.807) is 0 Å². The summed E-state index contributed by atoms with van der Waals surface area (Å²) in [5.41, 5.74) is 1.80. The van der Waals surface area contributed by atoms with Crippen molar-refractivity contribution in [3.05, 3.63) is 63.6 Å². The first-order chi connectivity index (χ1) is 9.45. The summed E-state index contributed by atoms with van der Waals surface area (Å²) < 4.78 is 27.5. The number of aryl methyl sites for hydroxylation is 1. The van der Waals surface area contributed by atoms with Crippen molar-refractivity contribution < 1.29 is 13.9 Å². The Bertz CT molecular complexity index is 599. The Morgan fingerprint density at radius 3 is 2.65 bits per heavy atom. The minimum absolute atomic E-state index is 0.0516. The highest BCUT2D eigenvalue weighted by molar-refractivity contribution is 9.10. The third kappa shape index (κ3) is 3.77. The molecular weight excluding hydrogens is 328 g/mol. The second kappa shape index (κ2) is 6.33. The van der Waals surface area contributed by atoms with Crippen molar-refractivity contribution in [2.75, 3.05) is 11.9 Å². The zero-order valence-corrected chi connectivity index (χ0v) is 12.4. The van der Waals surface area contributed by atoms with Crippen LogP contribution in [-0.4, -0.2) is 11.7 Å². The Morgan fingerprint density at radius 2 is 1.95 bits per heavy atom. The van der Waals surface area contributed by atoms with E-state index in [4.69, 9.17) is 0 Å². The van der Waals surface area contributed by atoms with E-state index in [9.17, 15) is 13.9 Å². The molecule has 20 heavy (non-hydrogen) atoms. The van der Waals surface area contributed by atoms with Gasteiger partial charge in [-0.2, -0.15) is 0 Å². The van der Waals surface area contributed by atoms with Crippen LogP contribution in [0.3, 0.4) is 0 Å². The van der Waals surface area contributed by atoms with Crippen LogP contribution in [0.15, 0.2) is 40.9 Å². The van der Waals surface area contributed by atoms with E-state index >= 15 is 0 Å². The molecular formula is C15H14BrF2NO. The van der Waals surface area contributed by atoms with Crippen LogP contribution in [0.4, 0.5) is 14.5 Å². The number of aliphatic hydroxyl groups excluding tert-OH is 1. The number of aliphatic hydroxyl groups is 1. The first-order valence-electron chi connectivity index (χ1n) is 6.10. The van der Waals surface area contributed by atoms with E-state index in [-0.39, 0.29) is 12.1 Å². The molecule has 2 rings (SSSR count). The maximum absolute atomic E-state index is 13.5. The maximum Gasteiger partial charge on any atom is 0.129 e. The molecule has 0 aromatic heterocycles. The van der Waals surface area contributed by atoms with Gasteiger partial charge in [0.2, 0.25) is 0 Å². The van der Waals surface area contributed by atoms with Gasteiger partial charge in [0.25, 0.3) is 0 Å². The van der Waals surface area contributed by atoms with Crippen molar-refractivity contribution in [1.29, 1.82) is 0 Å². The average Bonchev–Trinajstić information content (AvgIpc) is 2.38. The van der Waals surface area contributed by atoms with Crippen LogP contribution < -0.4 is 5.32 Å². The third-order valence-corrected chi connectivity index (χ3v) is 3.32. The normalized spacial score (nSPS) is 12.2. The van der Waals surface area contributed by atoms with Crippen LogP contribution in [0, 0.1) is 18.6 Å². The van der Waals surface area contributed by atoms with Gasteiger partial charge in [0, 0.05) is 22.3 Å². The molecule has 0 saturated carbocycles. The van der Waals surface area contributed by atoms with Gasteiger partial charge in [0.05, 0.1) is 6.10 Å². The highest BCUT2D eigenvalue weighted by atomic mass is 79.9. The predicted octanol–water partition coefficient (Wildman–Crippen LogP) is 4.18. The molecule has 2 aromatic rings. The van der Waals surface area contributed by atoms with Crippen molar-refractivity contribution in [3.8, 4) is 0 Å². The van der Waals surface area contributed by atoms with Gasteiger partial charge in [-0.3, -0.25) is 0 Å². The molecule has 2 aromatic carbocycles. The first-order valence-corrected chi connectivity index (χ1v) is 6.89. The fraction of sp³-hybridized carbons (Fsp3) is 0.200. The summed E-state index contributed by atoms with van der Waals surface area (Å²) in [4.78, 5) is 0. The number of nitrogens with one attached hydrogen (secondary N) is 1. The van der Waals surface area contributed by atoms with Crippen molar-refractivity contribution in [3.63, 3.8) is 0 Å². The van der Waals surface area contributed by atoms with Gasteiger partial charge in [0.1, 0.15) is 11.6 Å². The fourth-order valence-electron chi connectivity index (χ4n) is 1.93. The van der Waals surface area contributed by atoms with Gasteiger partial charge in [-0.1, -0.05) is 15.9 Å². The summed E-state index contributed by atoms with van der Waals surface area (Å²) in [5, 5.41) is 12.9. The molecule has 0 radical (unpaired) electrons. The van der Waals surface area contributed by atoms with E-state index < -0.39 is 17.7 Å². The molecule has 0 aliphatic heterocycles. The van der Waals surface area contributed by atoms with Gasteiger partial charge < -0.3 is 10.4 Å². The lowest BCUT2D eigenvalue weighted by atomic mass is 10.1. The predicted molar refractivity (Wildman–Crippen MR) is 78.7 cm³/mol. The van der Waals surface area contributed by atoms with Crippen LogP contribution in [0.1, 0.15) is 17.2 Å². The van der Waals surface area contributed by atoms with Crippen LogP contribution >= 0.6 is 15.9 Å². The van der Waals surface area contributed by atoms with Crippen molar-refractivity contribution in [2.45, 2.75) is 13.0 Å². The second-order valence-electron chi connectivity index (χ2n) is 4.58. The summed E-state index contributed by atoms with van der Waals surface area (Å²) in [6.45, 7) is 2.04. The summed E-state index contributed by atoms with van der Waals surface area (Å²) in [5.74, 6) is -1.19. The Hall–Kier alpha value is -1.46. The number of anilines is 1. The summed E-state index contributed by atoms with van der Waals surface area (Å²) in [7, 11) is 0. The highest BCUT2D eigenvalue weighted by Gasteiger charge is 2.13. The quantitative estimate of drug-likeness (QED) is 0.874. The minimum atomic E-state index is -1.12. The standard InChI is InChI=1S/C15H14BrF2NO/c1-9-4-10(16)6-12(5-9)19-8-15(20)13-7-11(17)2-3-14(13)18/h2-7,15,19-20H,8H2,1H3. The molecule has 0 amide bonds. The first kappa shape index (κ1) is 14.9. The van der Waals surface area contributed by atoms with Crippen LogP contribution in [0.2, 0.25) is 0 Å². The molecule has 106 valence electrons. The second-order valence-corrected chi connectivity index (χ2v) is 5.50. The smallest absolute Gasteiger partial charge is 0.129 e. The Kier molecular flexibility index (Phi) is 4.73. The molecule has 0 aliphatic rings. The van der Waals surface area contributed by atoms with Crippen LogP contribution in [0.25, 0.3) is 0 Å². The van der Waals surface area contributed by atoms with Gasteiger partial charge in [-0.25, -0.2) is 8.78 Å². The van der Waals surface area contributed by atoms with E-state index in [1.165, 1.54) is 0 Å². The lowest BCUT2D eigenvalue weighted by Crippen LogP contribution is -2.13. The zero-order chi connectivity index (χ0) is 14.7. The van der Waals surface area contributed by atoms with Gasteiger partial charge in [0.15, 0.2) is 0 Å². The molecule has 5 heteroatoms. The van der Waals surface area contributed by atoms with Crippen molar-refractivity contribution in [1.82, 2.24) is 0 Å². The average molecular weight is 342 g/mol. The number of hydrogen-bond acceptors (Lipinski definition) is 2. The molecule has 2 N–H and O–H groups in total. The highest BCUT2D eigenvalue weighted by Crippen LogP contribution is 2.22. The number of rotatable bonds is 4. The maximum atomic E-state index is 13.5. The molecule has 0 fully saturated rings. The van der Waals surface area contributed by atoms with Gasteiger partial charge in [-0.05, 0) is 48.9 Å². The molecule has 1 atom stereocenters. The Labute approximate surface area is 124 Å². The van der Waals surface area contributed by atoms with Crippen LogP contribution in [-0.2, 0) is 0 Å². The SMILES string of the molecule is Cc1cc(Br)cc(NCC(O)c2cc(F)ccc2F)c1. The third-order valence-electron chi connectivity index (χ3n) is 2.86. The van der Waals surface area contributed by atoms with E-state index in [1.807, 2.05) is 25.1 Å². The molecule has 0 heterocycles. The van der Waals surface area contributed by atoms with Gasteiger partial charge in [-0.15, -0.1) is 0 Å². The molecule has 1 unspecified atom stereocenters. The largest absolute Gasteiger partial charge is 0.386 e. The number of halogens is 3. The topological polar surface area (TPSA) is 32.3 Å². The van der Waals surface area contributed by atoms with E-state index in [0.29, 0.717) is 0 Å². The molecule has 0 saturated heterocycles. The van der Waals surface area contributed by atoms with Crippen LogP contribution in [0.5, 0.6) is 0 Å². The van der Waals surface area contributed by atoms with E-state index in [0.717, 1.165) is 33.9 Å². The Balaban J connectivity index is 2.08. The van der Waals surface area contributed by atoms with Crippen molar-refractivity contribution >= 4 is 21.6 Å². The van der Waals surface area contributed by atoms with E-state index in [2.05, 4.69) is 21.2 Å². The molecule has 0 aliphatic carbocycles. The summed E-state index contributed by atoms with van der Waals surface area (Å²) in [6, 6.07) is 8.75. The lowest BCUT2D eigenvalue weighted by Gasteiger charge is -2.14. The minimum Gasteiger partial charge on any atom is -0.386 e. The molecule has 0 bridgehead atoms. The summed E-state index contributed by atoms with van der Waals surface area (Å²) in [6.07, 6.45) is -1.12. The fourth-order valence-corrected chi connectivity index (χ4v) is 2.54. The van der Waals surface area contributed by atoms with Crippen molar-refractivity contribution in [2.24, 2.45) is 0 Å². The molecule has 0 spiro atoms. The zero-order valence-electron chi connectivity index (χ0n) is 10.8. The number of benzene rings is 2.